The van der Waals surface area contributed by atoms with Crippen molar-refractivity contribution in [1.29, 1.82) is 0 Å². The van der Waals surface area contributed by atoms with E-state index in [1.807, 2.05) is 24.0 Å². The van der Waals surface area contributed by atoms with E-state index in [0.29, 0.717) is 18.1 Å². The maximum Gasteiger partial charge on any atom is 0.259 e. The van der Waals surface area contributed by atoms with Crippen molar-refractivity contribution in [2.24, 2.45) is 0 Å². The lowest BCUT2D eigenvalue weighted by Crippen LogP contribution is -2.35. The number of amides is 1. The highest BCUT2D eigenvalue weighted by Crippen LogP contribution is 2.32. The van der Waals surface area contributed by atoms with Crippen molar-refractivity contribution in [3.63, 3.8) is 0 Å². The van der Waals surface area contributed by atoms with E-state index < -0.39 is 0 Å². The third-order valence-electron chi connectivity index (χ3n) is 4.17. The van der Waals surface area contributed by atoms with Gasteiger partial charge in [-0.15, -0.1) is 0 Å². The zero-order chi connectivity index (χ0) is 16.1. The first kappa shape index (κ1) is 15.6. The lowest BCUT2D eigenvalue weighted by Gasteiger charge is -2.29. The first-order chi connectivity index (χ1) is 11.3. The molecular weight excluding hydrogens is 292 g/mol. The summed E-state index contributed by atoms with van der Waals surface area (Å²) < 4.78 is 11.1. The van der Waals surface area contributed by atoms with Crippen LogP contribution >= 0.6 is 0 Å². The standard InChI is InChI=1S/C18H22N2O3/c1-2-22-17-14(8-6-11-19-17)18(21)20-12-5-3-4-9-15(20)16-10-7-13-23-16/h6-8,10-11,13,15H,2-5,9,12H2,1H3/t15-/m0/s1. The van der Waals surface area contributed by atoms with Crippen LogP contribution in [0.4, 0.5) is 0 Å². The number of likely N-dealkylation sites (tertiary alicyclic amines) is 1. The number of carbonyl (C=O) groups excluding carboxylic acids is 1. The van der Waals surface area contributed by atoms with E-state index in [1.54, 1.807) is 24.6 Å². The summed E-state index contributed by atoms with van der Waals surface area (Å²) in [6.45, 7) is 3.10. The molecule has 2 aromatic rings. The third-order valence-corrected chi connectivity index (χ3v) is 4.17. The minimum Gasteiger partial charge on any atom is -0.477 e. The topological polar surface area (TPSA) is 55.6 Å². The number of hydrogen-bond acceptors (Lipinski definition) is 4. The zero-order valence-corrected chi connectivity index (χ0v) is 13.4. The van der Waals surface area contributed by atoms with E-state index in [2.05, 4.69) is 4.98 Å². The molecule has 5 nitrogen and oxygen atoms in total. The predicted molar refractivity (Wildman–Crippen MR) is 86.4 cm³/mol. The van der Waals surface area contributed by atoms with Crippen molar-refractivity contribution in [1.82, 2.24) is 9.88 Å². The molecule has 1 amide bonds. The van der Waals surface area contributed by atoms with Crippen molar-refractivity contribution >= 4 is 5.91 Å². The van der Waals surface area contributed by atoms with Gasteiger partial charge in [0.25, 0.3) is 5.91 Å². The van der Waals surface area contributed by atoms with Crippen LogP contribution in [0.3, 0.4) is 0 Å². The Balaban J connectivity index is 1.92. The smallest absolute Gasteiger partial charge is 0.259 e. The summed E-state index contributed by atoms with van der Waals surface area (Å²) in [4.78, 5) is 19.2. The zero-order valence-electron chi connectivity index (χ0n) is 13.4. The van der Waals surface area contributed by atoms with Gasteiger partial charge in [0, 0.05) is 12.7 Å². The summed E-state index contributed by atoms with van der Waals surface area (Å²) in [6, 6.07) is 7.36. The lowest BCUT2D eigenvalue weighted by atomic mass is 10.1. The molecule has 0 bridgehead atoms. The summed E-state index contributed by atoms with van der Waals surface area (Å²) in [7, 11) is 0. The molecule has 1 atom stereocenters. The Hall–Kier alpha value is -2.30. The number of rotatable bonds is 4. The van der Waals surface area contributed by atoms with Crippen molar-refractivity contribution in [2.75, 3.05) is 13.2 Å². The van der Waals surface area contributed by atoms with Gasteiger partial charge in [-0.1, -0.05) is 12.8 Å². The normalized spacial score (nSPS) is 18.5. The van der Waals surface area contributed by atoms with Crippen molar-refractivity contribution in [3.8, 4) is 5.88 Å². The Morgan fingerprint density at radius 3 is 3.04 bits per heavy atom. The highest BCUT2D eigenvalue weighted by molar-refractivity contribution is 5.96. The molecule has 0 radical (unpaired) electrons. The fourth-order valence-corrected chi connectivity index (χ4v) is 3.09. The molecule has 0 aromatic carbocycles. The molecule has 0 aliphatic carbocycles. The molecule has 1 aliphatic rings. The SMILES string of the molecule is CCOc1ncccc1C(=O)N1CCCCC[C@H]1c1ccco1. The van der Waals surface area contributed by atoms with E-state index >= 15 is 0 Å². The summed E-state index contributed by atoms with van der Waals surface area (Å²) in [5.41, 5.74) is 0.521. The van der Waals surface area contributed by atoms with E-state index in [9.17, 15) is 4.79 Å². The van der Waals surface area contributed by atoms with Crippen molar-refractivity contribution in [3.05, 3.63) is 48.0 Å². The van der Waals surface area contributed by atoms with Crippen LogP contribution in [0.5, 0.6) is 5.88 Å². The fraction of sp³-hybridized carbons (Fsp3) is 0.444. The van der Waals surface area contributed by atoms with Crippen LogP contribution in [-0.2, 0) is 0 Å². The van der Waals surface area contributed by atoms with E-state index in [1.165, 1.54) is 0 Å². The minimum atomic E-state index is -0.0372. The summed E-state index contributed by atoms with van der Waals surface area (Å²) in [5, 5.41) is 0. The Labute approximate surface area is 136 Å². The van der Waals surface area contributed by atoms with Gasteiger partial charge in [0.05, 0.1) is 18.9 Å². The van der Waals surface area contributed by atoms with Gasteiger partial charge in [-0.25, -0.2) is 4.98 Å². The molecule has 2 aromatic heterocycles. The van der Waals surface area contributed by atoms with Gasteiger partial charge in [0.2, 0.25) is 5.88 Å². The number of ether oxygens (including phenoxy) is 1. The second kappa shape index (κ2) is 7.31. The van der Waals surface area contributed by atoms with Crippen LogP contribution in [0.1, 0.15) is 54.8 Å². The quantitative estimate of drug-likeness (QED) is 0.860. The molecule has 0 unspecified atom stereocenters. The number of furan rings is 1. The van der Waals surface area contributed by atoms with E-state index in [0.717, 1.165) is 38.0 Å². The van der Waals surface area contributed by atoms with Crippen LogP contribution in [0, 0.1) is 0 Å². The van der Waals surface area contributed by atoms with Gasteiger partial charge >= 0.3 is 0 Å². The summed E-state index contributed by atoms with van der Waals surface area (Å²) >= 11 is 0. The Bertz CT molecular complexity index is 639. The minimum absolute atomic E-state index is 0.0188. The summed E-state index contributed by atoms with van der Waals surface area (Å²) in [6.07, 6.45) is 7.47. The molecule has 122 valence electrons. The second-order valence-electron chi connectivity index (χ2n) is 5.67. The lowest BCUT2D eigenvalue weighted by molar-refractivity contribution is 0.0653. The Morgan fingerprint density at radius 2 is 2.26 bits per heavy atom. The maximum atomic E-state index is 13.1. The molecule has 1 fully saturated rings. The summed E-state index contributed by atoms with van der Waals surface area (Å²) in [5.74, 6) is 1.22. The second-order valence-corrected chi connectivity index (χ2v) is 5.67. The highest BCUT2D eigenvalue weighted by Gasteiger charge is 2.30. The Morgan fingerprint density at radius 1 is 1.35 bits per heavy atom. The van der Waals surface area contributed by atoms with Gasteiger partial charge in [-0.3, -0.25) is 4.79 Å². The average molecular weight is 314 g/mol. The molecule has 0 N–H and O–H groups in total. The first-order valence-corrected chi connectivity index (χ1v) is 8.23. The van der Waals surface area contributed by atoms with Crippen molar-refractivity contribution < 1.29 is 13.9 Å². The highest BCUT2D eigenvalue weighted by atomic mass is 16.5. The van der Waals surface area contributed by atoms with E-state index in [4.69, 9.17) is 9.15 Å². The first-order valence-electron chi connectivity index (χ1n) is 8.23. The van der Waals surface area contributed by atoms with E-state index in [-0.39, 0.29) is 11.9 Å². The average Bonchev–Trinajstić information content (AvgIpc) is 2.99. The molecule has 0 spiro atoms. The number of carbonyl (C=O) groups is 1. The van der Waals surface area contributed by atoms with Gasteiger partial charge in [-0.05, 0) is 44.0 Å². The maximum absolute atomic E-state index is 13.1. The van der Waals surface area contributed by atoms with Gasteiger partial charge in [0.1, 0.15) is 11.3 Å². The largest absolute Gasteiger partial charge is 0.477 e. The predicted octanol–water partition coefficient (Wildman–Crippen LogP) is 3.83. The Kier molecular flexibility index (Phi) is 4.95. The molecule has 0 saturated carbocycles. The van der Waals surface area contributed by atoms with Gasteiger partial charge < -0.3 is 14.1 Å². The van der Waals surface area contributed by atoms with Crippen LogP contribution in [-0.4, -0.2) is 28.9 Å². The van der Waals surface area contributed by atoms with Gasteiger partial charge in [0.15, 0.2) is 0 Å². The van der Waals surface area contributed by atoms with Crippen LogP contribution in [0.2, 0.25) is 0 Å². The molecule has 3 heterocycles. The molecule has 1 aliphatic heterocycles. The molecular formula is C18H22N2O3. The van der Waals surface area contributed by atoms with Crippen LogP contribution in [0.25, 0.3) is 0 Å². The molecule has 3 rings (SSSR count). The van der Waals surface area contributed by atoms with Crippen LogP contribution < -0.4 is 4.74 Å². The van der Waals surface area contributed by atoms with Crippen molar-refractivity contribution in [2.45, 2.75) is 38.6 Å². The monoisotopic (exact) mass is 314 g/mol. The number of aromatic nitrogens is 1. The van der Waals surface area contributed by atoms with Gasteiger partial charge in [-0.2, -0.15) is 0 Å². The molecule has 1 saturated heterocycles. The molecule has 23 heavy (non-hydrogen) atoms. The molecule has 5 heteroatoms. The number of pyridine rings is 1. The number of nitrogens with zero attached hydrogens (tertiary/aromatic N) is 2. The fourth-order valence-electron chi connectivity index (χ4n) is 3.09. The van der Waals surface area contributed by atoms with Crippen LogP contribution in [0.15, 0.2) is 41.1 Å². The third kappa shape index (κ3) is 3.38. The number of hydrogen-bond donors (Lipinski definition) is 0.